The lowest BCUT2D eigenvalue weighted by Crippen LogP contribution is -2.43. The Hall–Kier alpha value is -0.490. The van der Waals surface area contributed by atoms with Crippen molar-refractivity contribution in [2.45, 2.75) is 32.2 Å². The van der Waals surface area contributed by atoms with E-state index >= 15 is 0 Å². The average Bonchev–Trinajstić information content (AvgIpc) is 2.12. The first-order chi connectivity index (χ1) is 5.91. The summed E-state index contributed by atoms with van der Waals surface area (Å²) in [6.45, 7) is 2.51. The summed E-state index contributed by atoms with van der Waals surface area (Å²) in [4.78, 5) is 11.0. The third-order valence-electron chi connectivity index (χ3n) is 1.80. The molecule has 13 heavy (non-hydrogen) atoms. The van der Waals surface area contributed by atoms with E-state index in [0.717, 1.165) is 0 Å². The lowest BCUT2D eigenvalue weighted by Gasteiger charge is -2.21. The van der Waals surface area contributed by atoms with Gasteiger partial charge in [0.25, 0.3) is 0 Å². The molecule has 0 saturated heterocycles. The summed E-state index contributed by atoms with van der Waals surface area (Å²) in [5.41, 5.74) is 0. The van der Waals surface area contributed by atoms with Gasteiger partial charge in [0.05, 0.1) is 12.7 Å². The maximum Gasteiger partial charge on any atom is 0.194 e. The van der Waals surface area contributed by atoms with Gasteiger partial charge in [-0.25, -0.2) is 0 Å². The maximum atomic E-state index is 11.0. The van der Waals surface area contributed by atoms with E-state index in [0.29, 0.717) is 0 Å². The van der Waals surface area contributed by atoms with Crippen LogP contribution in [0.2, 0.25) is 0 Å². The number of Topliss-reactive ketones (excluding diaryl/α,β-unsaturated/α-hetero) is 1. The van der Waals surface area contributed by atoms with E-state index in [4.69, 9.17) is 10.2 Å². The molecule has 5 nitrogen and oxygen atoms in total. The summed E-state index contributed by atoms with van der Waals surface area (Å²) >= 11 is 0. The van der Waals surface area contributed by atoms with Crippen LogP contribution < -0.4 is 0 Å². The number of carbonyl (C=O) groups excluding carboxylic acids is 1. The summed E-state index contributed by atoms with van der Waals surface area (Å²) in [5.74, 6) is -1.24. The minimum atomic E-state index is -1.64. The Bertz CT molecular complexity index is 168. The van der Waals surface area contributed by atoms with E-state index in [1.54, 1.807) is 13.8 Å². The number of hydrogen-bond donors (Lipinski definition) is 4. The normalized spacial score (nSPS) is 18.4. The van der Waals surface area contributed by atoms with Crippen molar-refractivity contribution in [1.29, 1.82) is 0 Å². The quantitative estimate of drug-likeness (QED) is 0.415. The molecule has 0 rings (SSSR count). The van der Waals surface area contributed by atoms with Gasteiger partial charge in [0.15, 0.2) is 5.78 Å². The van der Waals surface area contributed by atoms with Crippen molar-refractivity contribution in [2.24, 2.45) is 5.92 Å². The Morgan fingerprint density at radius 3 is 2.00 bits per heavy atom. The summed E-state index contributed by atoms with van der Waals surface area (Å²) in [6.07, 6.45) is -4.47. The van der Waals surface area contributed by atoms with Crippen molar-refractivity contribution in [3.63, 3.8) is 0 Å². The Morgan fingerprint density at radius 1 is 1.23 bits per heavy atom. The molecule has 0 bridgehead atoms. The molecular weight excluding hydrogens is 176 g/mol. The van der Waals surface area contributed by atoms with Crippen LogP contribution in [0.4, 0.5) is 0 Å². The predicted molar refractivity (Wildman–Crippen MR) is 45.0 cm³/mol. The summed E-state index contributed by atoms with van der Waals surface area (Å²) in [6, 6.07) is 0. The van der Waals surface area contributed by atoms with Gasteiger partial charge in [-0.15, -0.1) is 0 Å². The third-order valence-corrected chi connectivity index (χ3v) is 1.80. The Balaban J connectivity index is 4.25. The van der Waals surface area contributed by atoms with E-state index in [-0.39, 0.29) is 5.92 Å². The molecule has 1 unspecified atom stereocenters. The van der Waals surface area contributed by atoms with E-state index in [9.17, 15) is 15.0 Å². The molecule has 0 aromatic carbocycles. The van der Waals surface area contributed by atoms with Crippen LogP contribution in [0.15, 0.2) is 0 Å². The molecule has 0 amide bonds. The second-order valence-electron chi connectivity index (χ2n) is 3.28. The molecule has 0 aliphatic rings. The number of ketones is 1. The van der Waals surface area contributed by atoms with Gasteiger partial charge >= 0.3 is 0 Å². The molecule has 4 N–H and O–H groups in total. The van der Waals surface area contributed by atoms with Crippen molar-refractivity contribution < 1.29 is 25.2 Å². The molecule has 3 atom stereocenters. The second-order valence-corrected chi connectivity index (χ2v) is 3.28. The lowest BCUT2D eigenvalue weighted by atomic mass is 9.97. The fourth-order valence-electron chi connectivity index (χ4n) is 0.820. The smallest absolute Gasteiger partial charge is 0.194 e. The molecule has 78 valence electrons. The van der Waals surface area contributed by atoms with Crippen molar-refractivity contribution in [1.82, 2.24) is 0 Å². The lowest BCUT2D eigenvalue weighted by molar-refractivity contribution is -0.145. The molecule has 0 spiro atoms. The van der Waals surface area contributed by atoms with E-state index < -0.39 is 30.7 Å². The summed E-state index contributed by atoms with van der Waals surface area (Å²) in [5, 5.41) is 35.7. The number of hydrogen-bond acceptors (Lipinski definition) is 5. The van der Waals surface area contributed by atoms with Crippen LogP contribution in [0.25, 0.3) is 0 Å². The average molecular weight is 192 g/mol. The molecule has 0 aromatic heterocycles. The van der Waals surface area contributed by atoms with E-state index in [2.05, 4.69) is 0 Å². The van der Waals surface area contributed by atoms with Crippen LogP contribution in [0, 0.1) is 5.92 Å². The Labute approximate surface area is 76.6 Å². The van der Waals surface area contributed by atoms with Gasteiger partial charge in [-0.3, -0.25) is 4.79 Å². The highest BCUT2D eigenvalue weighted by Gasteiger charge is 2.30. The molecule has 0 fully saturated rings. The minimum Gasteiger partial charge on any atom is -0.393 e. The summed E-state index contributed by atoms with van der Waals surface area (Å²) in [7, 11) is 0. The maximum absolute atomic E-state index is 11.0. The van der Waals surface area contributed by atoms with Gasteiger partial charge < -0.3 is 20.4 Å². The molecular formula is C8H16O5. The van der Waals surface area contributed by atoms with Crippen LogP contribution in [0.1, 0.15) is 13.8 Å². The van der Waals surface area contributed by atoms with Gasteiger partial charge in [-0.05, 0) is 5.92 Å². The van der Waals surface area contributed by atoms with Crippen molar-refractivity contribution in [2.75, 3.05) is 6.61 Å². The number of aliphatic hydroxyl groups is 4. The highest BCUT2D eigenvalue weighted by molar-refractivity contribution is 5.87. The second kappa shape index (κ2) is 5.29. The van der Waals surface area contributed by atoms with Crippen LogP contribution in [0.3, 0.4) is 0 Å². The van der Waals surface area contributed by atoms with E-state index in [1.165, 1.54) is 0 Å². The van der Waals surface area contributed by atoms with Crippen molar-refractivity contribution in [3.8, 4) is 0 Å². The van der Waals surface area contributed by atoms with Crippen LogP contribution in [-0.2, 0) is 4.79 Å². The molecule has 0 saturated carbocycles. The zero-order valence-corrected chi connectivity index (χ0v) is 7.71. The fraction of sp³-hybridized carbons (Fsp3) is 0.875. The van der Waals surface area contributed by atoms with Crippen LogP contribution >= 0.6 is 0 Å². The zero-order valence-electron chi connectivity index (χ0n) is 7.71. The van der Waals surface area contributed by atoms with Crippen molar-refractivity contribution in [3.05, 3.63) is 0 Å². The topological polar surface area (TPSA) is 98.0 Å². The summed E-state index contributed by atoms with van der Waals surface area (Å²) < 4.78 is 0. The van der Waals surface area contributed by atoms with Crippen LogP contribution in [0.5, 0.6) is 0 Å². The first-order valence-electron chi connectivity index (χ1n) is 4.10. The Kier molecular flexibility index (Phi) is 5.09. The molecule has 5 heteroatoms. The van der Waals surface area contributed by atoms with Gasteiger partial charge in [-0.1, -0.05) is 13.8 Å². The molecule has 0 aliphatic carbocycles. The van der Waals surface area contributed by atoms with Gasteiger partial charge in [0.2, 0.25) is 0 Å². The Morgan fingerprint density at radius 2 is 1.69 bits per heavy atom. The largest absolute Gasteiger partial charge is 0.393 e. The molecule has 0 aromatic rings. The monoisotopic (exact) mass is 192 g/mol. The molecule has 0 radical (unpaired) electrons. The molecule has 0 heterocycles. The first kappa shape index (κ1) is 12.5. The number of rotatable bonds is 5. The van der Waals surface area contributed by atoms with Gasteiger partial charge in [0, 0.05) is 0 Å². The van der Waals surface area contributed by atoms with Gasteiger partial charge in [0.1, 0.15) is 12.2 Å². The first-order valence-corrected chi connectivity index (χ1v) is 4.10. The standard InChI is InChI=1S/C8H16O5/c1-4(2)6(11)8(13)7(12)5(10)3-9/h4-6,8-11,13H,3H2,1-2H3/t5-,6?,8+/m1/s1. The fourth-order valence-corrected chi connectivity index (χ4v) is 0.820. The highest BCUT2D eigenvalue weighted by atomic mass is 16.4. The zero-order chi connectivity index (χ0) is 10.6. The molecule has 0 aliphatic heterocycles. The third kappa shape index (κ3) is 3.40. The predicted octanol–water partition coefficient (Wildman–Crippen LogP) is -1.71. The SMILES string of the molecule is CC(C)C(O)[C@H](O)C(=O)[C@H](O)CO. The highest BCUT2D eigenvalue weighted by Crippen LogP contribution is 2.08. The van der Waals surface area contributed by atoms with Crippen LogP contribution in [-0.4, -0.2) is 51.1 Å². The minimum absolute atomic E-state index is 0.287. The van der Waals surface area contributed by atoms with Crippen molar-refractivity contribution >= 4 is 5.78 Å². The number of carbonyl (C=O) groups is 1. The number of aliphatic hydroxyl groups excluding tert-OH is 4. The van der Waals surface area contributed by atoms with Gasteiger partial charge in [-0.2, -0.15) is 0 Å². The van der Waals surface area contributed by atoms with E-state index in [1.807, 2.05) is 0 Å².